The number of aromatic nitrogens is 2. The Morgan fingerprint density at radius 2 is 2.12 bits per heavy atom. The first-order chi connectivity index (χ1) is 16.4. The number of carbonyl (C=O) groups is 3. The molecule has 186 valence electrons. The lowest BCUT2D eigenvalue weighted by Crippen LogP contribution is -2.51. The molecule has 0 radical (unpaired) electrons. The van der Waals surface area contributed by atoms with Gasteiger partial charge in [0.2, 0.25) is 24.2 Å². The second-order valence-electron chi connectivity index (χ2n) is 9.80. The van der Waals surface area contributed by atoms with Crippen molar-refractivity contribution < 1.29 is 19.6 Å². The topological polar surface area (TPSA) is 131 Å². The Morgan fingerprint density at radius 3 is 2.82 bits per heavy atom. The van der Waals surface area contributed by atoms with Crippen LogP contribution in [0.25, 0.3) is 0 Å². The Labute approximate surface area is 199 Å². The van der Waals surface area contributed by atoms with Gasteiger partial charge in [0.1, 0.15) is 11.9 Å². The van der Waals surface area contributed by atoms with Crippen LogP contribution in [0.4, 0.5) is 11.8 Å². The molecule has 11 heteroatoms. The Hall–Kier alpha value is -2.79. The van der Waals surface area contributed by atoms with E-state index in [1.165, 1.54) is 5.01 Å². The molecule has 3 aliphatic rings. The predicted molar refractivity (Wildman–Crippen MR) is 125 cm³/mol. The van der Waals surface area contributed by atoms with Gasteiger partial charge in [-0.3, -0.25) is 24.6 Å². The third-order valence-corrected chi connectivity index (χ3v) is 7.12. The smallest absolute Gasteiger partial charge is 0.250 e. The van der Waals surface area contributed by atoms with E-state index in [1.807, 2.05) is 0 Å². The van der Waals surface area contributed by atoms with Gasteiger partial charge in [0.25, 0.3) is 0 Å². The summed E-state index contributed by atoms with van der Waals surface area (Å²) >= 11 is 0. The van der Waals surface area contributed by atoms with Crippen molar-refractivity contribution in [2.45, 2.75) is 57.9 Å². The zero-order valence-corrected chi connectivity index (χ0v) is 19.7. The Bertz CT molecular complexity index is 879. The highest BCUT2D eigenvalue weighted by Gasteiger charge is 2.39. The monoisotopic (exact) mass is 473 g/mol. The third-order valence-electron chi connectivity index (χ3n) is 7.12. The van der Waals surface area contributed by atoms with Gasteiger partial charge in [0, 0.05) is 25.8 Å². The number of hydrogen-bond acceptors (Lipinski definition) is 8. The molecule has 0 spiro atoms. The molecule has 2 aliphatic heterocycles. The van der Waals surface area contributed by atoms with E-state index in [9.17, 15) is 19.6 Å². The van der Waals surface area contributed by atoms with Crippen molar-refractivity contribution in [3.63, 3.8) is 0 Å². The number of hydrogen-bond donors (Lipinski definition) is 3. The quantitative estimate of drug-likeness (QED) is 0.279. The number of anilines is 2. The molecule has 1 aromatic rings. The van der Waals surface area contributed by atoms with E-state index in [1.54, 1.807) is 12.3 Å². The molecule has 1 saturated carbocycles. The molecule has 34 heavy (non-hydrogen) atoms. The van der Waals surface area contributed by atoms with Crippen molar-refractivity contribution >= 4 is 30.0 Å². The Kier molecular flexibility index (Phi) is 7.94. The van der Waals surface area contributed by atoms with Crippen LogP contribution >= 0.6 is 0 Å². The SMILES string of the molecule is C[C@H]1CCN(c2nccc(NC(=O)[C@@H]3CCNN3C(=O)[C@H](CC3CCCC3)CN(O)C=O)n2)C1. The number of nitrogens with one attached hydrogen (secondary N) is 2. The summed E-state index contributed by atoms with van der Waals surface area (Å²) in [7, 11) is 0. The van der Waals surface area contributed by atoms with Gasteiger partial charge in [-0.05, 0) is 37.2 Å². The fraction of sp³-hybridized carbons (Fsp3) is 0.696. The minimum atomic E-state index is -0.702. The molecule has 1 aromatic heterocycles. The fourth-order valence-corrected chi connectivity index (χ4v) is 5.30. The highest BCUT2D eigenvalue weighted by atomic mass is 16.5. The molecule has 3 atom stereocenters. The highest BCUT2D eigenvalue weighted by Crippen LogP contribution is 2.32. The van der Waals surface area contributed by atoms with Crippen molar-refractivity contribution in [1.82, 2.24) is 25.5 Å². The second kappa shape index (κ2) is 11.1. The van der Waals surface area contributed by atoms with Crippen LogP contribution in [0.1, 0.15) is 51.9 Å². The lowest BCUT2D eigenvalue weighted by Gasteiger charge is -2.29. The van der Waals surface area contributed by atoms with Crippen molar-refractivity contribution in [3.05, 3.63) is 12.3 Å². The van der Waals surface area contributed by atoms with E-state index in [0.717, 1.165) is 45.2 Å². The highest BCUT2D eigenvalue weighted by molar-refractivity contribution is 5.97. The molecular formula is C23H35N7O4. The van der Waals surface area contributed by atoms with Gasteiger partial charge in [-0.25, -0.2) is 15.5 Å². The van der Waals surface area contributed by atoms with E-state index in [0.29, 0.717) is 54.5 Å². The van der Waals surface area contributed by atoms with Crippen LogP contribution in [-0.2, 0) is 14.4 Å². The molecule has 0 bridgehead atoms. The maximum atomic E-state index is 13.4. The molecule has 2 saturated heterocycles. The van der Waals surface area contributed by atoms with Crippen LogP contribution in [0.15, 0.2) is 12.3 Å². The first-order valence-electron chi connectivity index (χ1n) is 12.3. The minimum Gasteiger partial charge on any atom is -0.340 e. The molecule has 11 nitrogen and oxygen atoms in total. The number of amides is 3. The third kappa shape index (κ3) is 5.82. The zero-order valence-electron chi connectivity index (χ0n) is 19.7. The van der Waals surface area contributed by atoms with Crippen molar-refractivity contribution in [2.24, 2.45) is 17.8 Å². The van der Waals surface area contributed by atoms with Gasteiger partial charge in [-0.2, -0.15) is 4.98 Å². The van der Waals surface area contributed by atoms with Crippen molar-refractivity contribution in [3.8, 4) is 0 Å². The van der Waals surface area contributed by atoms with Gasteiger partial charge in [0.15, 0.2) is 0 Å². The minimum absolute atomic E-state index is 0.0884. The standard InChI is InChI=1S/C23H35N7O4/c1-16-8-11-28(13-16)23-24-9-7-20(27-23)26-21(32)19-6-10-25-30(19)22(33)18(14-29(34)15-31)12-17-4-2-3-5-17/h7,9,15-19,25,34H,2-6,8,10-14H2,1H3,(H,24,26,27,32)/t16-,18+,19-/m0/s1. The first kappa shape index (κ1) is 24.3. The molecule has 1 aliphatic carbocycles. The number of hydrazine groups is 1. The van der Waals surface area contributed by atoms with Crippen LogP contribution < -0.4 is 15.6 Å². The van der Waals surface area contributed by atoms with Gasteiger partial charge in [0.05, 0.1) is 12.5 Å². The molecule has 3 N–H and O–H groups in total. The summed E-state index contributed by atoms with van der Waals surface area (Å²) in [6.07, 6.45) is 8.42. The molecule has 3 fully saturated rings. The number of rotatable bonds is 9. The molecule has 4 rings (SSSR count). The zero-order chi connectivity index (χ0) is 24.1. The molecule has 0 aromatic carbocycles. The maximum Gasteiger partial charge on any atom is 0.250 e. The summed E-state index contributed by atoms with van der Waals surface area (Å²) in [5.74, 6) is 0.774. The average Bonchev–Trinajstić information content (AvgIpc) is 3.60. The number of carbonyl (C=O) groups excluding carboxylic acids is 3. The first-order valence-corrected chi connectivity index (χ1v) is 12.3. The van der Waals surface area contributed by atoms with Gasteiger partial charge in [-0.1, -0.05) is 32.6 Å². The van der Waals surface area contributed by atoms with Gasteiger partial charge in [-0.15, -0.1) is 0 Å². The van der Waals surface area contributed by atoms with Crippen LogP contribution in [0, 0.1) is 17.8 Å². The summed E-state index contributed by atoms with van der Waals surface area (Å²) in [6.45, 7) is 4.36. The summed E-state index contributed by atoms with van der Waals surface area (Å²) in [6, 6.07) is 0.943. The normalized spacial score (nSPS) is 23.8. The fourth-order valence-electron chi connectivity index (χ4n) is 5.30. The van der Waals surface area contributed by atoms with Crippen LogP contribution in [0.3, 0.4) is 0 Å². The van der Waals surface area contributed by atoms with Crippen molar-refractivity contribution in [1.29, 1.82) is 0 Å². The molecule has 3 heterocycles. The molecular weight excluding hydrogens is 438 g/mol. The summed E-state index contributed by atoms with van der Waals surface area (Å²) in [5, 5.41) is 14.5. The predicted octanol–water partition coefficient (Wildman–Crippen LogP) is 1.41. The van der Waals surface area contributed by atoms with E-state index in [4.69, 9.17) is 0 Å². The molecule has 3 amide bonds. The number of hydroxylamine groups is 2. The van der Waals surface area contributed by atoms with Crippen LogP contribution in [0.5, 0.6) is 0 Å². The second-order valence-corrected chi connectivity index (χ2v) is 9.80. The molecule has 0 unspecified atom stereocenters. The summed E-state index contributed by atoms with van der Waals surface area (Å²) in [5.41, 5.74) is 3.02. The summed E-state index contributed by atoms with van der Waals surface area (Å²) < 4.78 is 0. The largest absolute Gasteiger partial charge is 0.340 e. The summed E-state index contributed by atoms with van der Waals surface area (Å²) in [4.78, 5) is 48.5. The number of nitrogens with zero attached hydrogens (tertiary/aromatic N) is 5. The van der Waals surface area contributed by atoms with E-state index >= 15 is 0 Å². The van der Waals surface area contributed by atoms with E-state index < -0.39 is 12.0 Å². The van der Waals surface area contributed by atoms with E-state index in [-0.39, 0.29) is 18.4 Å². The maximum absolute atomic E-state index is 13.4. The lowest BCUT2D eigenvalue weighted by molar-refractivity contribution is -0.159. The van der Waals surface area contributed by atoms with E-state index in [2.05, 4.69) is 32.5 Å². The van der Waals surface area contributed by atoms with Gasteiger partial charge >= 0.3 is 0 Å². The van der Waals surface area contributed by atoms with Crippen LogP contribution in [0.2, 0.25) is 0 Å². The van der Waals surface area contributed by atoms with Crippen molar-refractivity contribution in [2.75, 3.05) is 36.4 Å². The van der Waals surface area contributed by atoms with Gasteiger partial charge < -0.3 is 10.2 Å². The lowest BCUT2D eigenvalue weighted by atomic mass is 9.92. The average molecular weight is 474 g/mol. The van der Waals surface area contributed by atoms with Crippen LogP contribution in [-0.4, -0.2) is 75.7 Å². The Morgan fingerprint density at radius 1 is 1.32 bits per heavy atom. The Balaban J connectivity index is 1.42.